The van der Waals surface area contributed by atoms with E-state index < -0.39 is 0 Å². The van der Waals surface area contributed by atoms with E-state index in [9.17, 15) is 0 Å². The van der Waals surface area contributed by atoms with Crippen molar-refractivity contribution >= 4 is 0 Å². The first kappa shape index (κ1) is 10.7. The first-order valence-electron chi connectivity index (χ1n) is 5.93. The maximum absolute atomic E-state index is 5.88. The quantitative estimate of drug-likeness (QED) is 0.702. The summed E-state index contributed by atoms with van der Waals surface area (Å²) < 4.78 is 0. The van der Waals surface area contributed by atoms with Crippen molar-refractivity contribution in [1.29, 1.82) is 0 Å². The molecule has 0 radical (unpaired) electrons. The third-order valence-electron chi connectivity index (χ3n) is 3.30. The molecule has 1 aromatic rings. The smallest absolute Gasteiger partial charge is 0.0357 e. The van der Waals surface area contributed by atoms with Crippen LogP contribution in [-0.4, -0.2) is 17.6 Å². The van der Waals surface area contributed by atoms with Crippen LogP contribution in [0.1, 0.15) is 31.4 Å². The Bertz CT molecular complexity index is 260. The van der Waals surface area contributed by atoms with Gasteiger partial charge in [-0.15, -0.1) is 0 Å². The van der Waals surface area contributed by atoms with Crippen molar-refractivity contribution in [3.8, 4) is 0 Å². The predicted octanol–water partition coefficient (Wildman–Crippen LogP) is 1.62. The minimum Gasteiger partial charge on any atom is -0.364 e. The van der Waals surface area contributed by atoms with Crippen LogP contribution >= 0.6 is 0 Å². The van der Waals surface area contributed by atoms with Crippen LogP contribution in [0.3, 0.4) is 0 Å². The van der Waals surface area contributed by atoms with Gasteiger partial charge in [0, 0.05) is 24.5 Å². The molecule has 1 aromatic heterocycles. The molecular formula is C12H21N3. The van der Waals surface area contributed by atoms with Gasteiger partial charge in [0.05, 0.1) is 0 Å². The lowest BCUT2D eigenvalue weighted by molar-refractivity contribution is 0.314. The highest BCUT2D eigenvalue weighted by Crippen LogP contribution is 2.22. The number of aromatic nitrogens is 1. The van der Waals surface area contributed by atoms with Crippen LogP contribution in [0.2, 0.25) is 0 Å². The molecule has 4 N–H and O–H groups in total. The van der Waals surface area contributed by atoms with Crippen LogP contribution in [0.15, 0.2) is 18.3 Å². The second kappa shape index (κ2) is 5.33. The van der Waals surface area contributed by atoms with Gasteiger partial charge in [-0.05, 0) is 50.3 Å². The average molecular weight is 207 g/mol. The average Bonchev–Trinajstić information content (AvgIpc) is 2.74. The first-order chi connectivity index (χ1) is 7.34. The topological polar surface area (TPSA) is 53.8 Å². The highest BCUT2D eigenvalue weighted by atomic mass is 14.9. The lowest BCUT2D eigenvalue weighted by atomic mass is 9.86. The maximum Gasteiger partial charge on any atom is 0.0357 e. The molecule has 3 nitrogen and oxygen atoms in total. The number of hydrogen-bond donors (Lipinski definition) is 3. The van der Waals surface area contributed by atoms with E-state index in [1.54, 1.807) is 0 Å². The third kappa shape index (κ3) is 3.36. The van der Waals surface area contributed by atoms with Crippen LogP contribution in [0.25, 0.3) is 0 Å². The summed E-state index contributed by atoms with van der Waals surface area (Å²) in [6.45, 7) is 2.08. The minimum atomic E-state index is 0.463. The number of aromatic amines is 1. The molecule has 1 heterocycles. The van der Waals surface area contributed by atoms with Crippen LogP contribution in [-0.2, 0) is 6.54 Å². The fourth-order valence-electron chi connectivity index (χ4n) is 2.28. The molecule has 0 aliphatic heterocycles. The molecule has 2 rings (SSSR count). The second-order valence-electron chi connectivity index (χ2n) is 4.61. The summed E-state index contributed by atoms with van der Waals surface area (Å²) in [4.78, 5) is 3.20. The molecular weight excluding hydrogens is 186 g/mol. The number of rotatable bonds is 4. The minimum absolute atomic E-state index is 0.463. The number of hydrogen-bond acceptors (Lipinski definition) is 2. The van der Waals surface area contributed by atoms with Crippen molar-refractivity contribution < 1.29 is 0 Å². The van der Waals surface area contributed by atoms with E-state index in [1.807, 2.05) is 12.3 Å². The first-order valence-corrected chi connectivity index (χ1v) is 5.93. The fraction of sp³-hybridized carbons (Fsp3) is 0.667. The van der Waals surface area contributed by atoms with Crippen LogP contribution in [0.4, 0.5) is 0 Å². The molecule has 0 aromatic carbocycles. The summed E-state index contributed by atoms with van der Waals surface area (Å²) in [5.74, 6) is 0.833. The van der Waals surface area contributed by atoms with Crippen LogP contribution < -0.4 is 11.1 Å². The molecule has 0 bridgehead atoms. The molecule has 0 unspecified atom stereocenters. The zero-order chi connectivity index (χ0) is 10.5. The second-order valence-corrected chi connectivity index (χ2v) is 4.61. The Morgan fingerprint density at radius 2 is 2.13 bits per heavy atom. The highest BCUT2D eigenvalue weighted by Gasteiger charge is 2.17. The molecule has 1 fully saturated rings. The number of nitrogens with two attached hydrogens (primary N) is 1. The SMILES string of the molecule is NC1CCC(CNCc2ccc[nH]2)CC1. The van der Waals surface area contributed by atoms with Gasteiger partial charge in [-0.25, -0.2) is 0 Å². The molecule has 84 valence electrons. The molecule has 0 atom stereocenters. The number of nitrogens with one attached hydrogen (secondary N) is 2. The molecule has 1 aliphatic rings. The molecule has 0 spiro atoms. The van der Waals surface area contributed by atoms with Crippen molar-refractivity contribution in [2.24, 2.45) is 11.7 Å². The Kier molecular flexibility index (Phi) is 3.80. The van der Waals surface area contributed by atoms with Crippen molar-refractivity contribution in [1.82, 2.24) is 10.3 Å². The molecule has 0 saturated heterocycles. The van der Waals surface area contributed by atoms with Gasteiger partial charge < -0.3 is 16.0 Å². The molecule has 1 aliphatic carbocycles. The van der Waals surface area contributed by atoms with Gasteiger partial charge in [-0.1, -0.05) is 0 Å². The molecule has 3 heteroatoms. The Hall–Kier alpha value is -0.800. The van der Waals surface area contributed by atoms with Gasteiger partial charge in [-0.3, -0.25) is 0 Å². The Labute approximate surface area is 91.4 Å². The van der Waals surface area contributed by atoms with Gasteiger partial charge in [0.15, 0.2) is 0 Å². The van der Waals surface area contributed by atoms with E-state index in [0.29, 0.717) is 6.04 Å². The summed E-state index contributed by atoms with van der Waals surface area (Å²) >= 11 is 0. The Morgan fingerprint density at radius 1 is 1.33 bits per heavy atom. The van der Waals surface area contributed by atoms with Crippen molar-refractivity contribution in [3.63, 3.8) is 0 Å². The predicted molar refractivity (Wildman–Crippen MR) is 62.4 cm³/mol. The van der Waals surface area contributed by atoms with Crippen molar-refractivity contribution in [2.75, 3.05) is 6.54 Å². The lowest BCUT2D eigenvalue weighted by Crippen LogP contribution is -2.31. The molecule has 1 saturated carbocycles. The fourth-order valence-corrected chi connectivity index (χ4v) is 2.28. The maximum atomic E-state index is 5.88. The summed E-state index contributed by atoms with van der Waals surface area (Å²) in [5.41, 5.74) is 7.14. The van der Waals surface area contributed by atoms with Gasteiger partial charge in [-0.2, -0.15) is 0 Å². The normalized spacial score (nSPS) is 26.7. The standard InChI is InChI=1S/C12H21N3/c13-11-5-3-10(4-6-11)8-14-9-12-2-1-7-15-12/h1-2,7,10-11,14-15H,3-6,8-9,13H2. The Morgan fingerprint density at radius 3 is 2.80 bits per heavy atom. The number of H-pyrrole nitrogens is 1. The van der Waals surface area contributed by atoms with Crippen LogP contribution in [0.5, 0.6) is 0 Å². The highest BCUT2D eigenvalue weighted by molar-refractivity contribution is 5.02. The van der Waals surface area contributed by atoms with Gasteiger partial charge in [0.2, 0.25) is 0 Å². The summed E-state index contributed by atoms with van der Waals surface area (Å²) in [7, 11) is 0. The van der Waals surface area contributed by atoms with Gasteiger partial charge in [0.1, 0.15) is 0 Å². The zero-order valence-electron chi connectivity index (χ0n) is 9.21. The van der Waals surface area contributed by atoms with E-state index in [4.69, 9.17) is 5.73 Å². The van der Waals surface area contributed by atoms with Crippen LogP contribution in [0, 0.1) is 5.92 Å². The van der Waals surface area contributed by atoms with Crippen molar-refractivity contribution in [2.45, 2.75) is 38.3 Å². The van der Waals surface area contributed by atoms with Crippen molar-refractivity contribution in [3.05, 3.63) is 24.0 Å². The Balaban J connectivity index is 1.62. The van der Waals surface area contributed by atoms with E-state index in [1.165, 1.54) is 31.4 Å². The zero-order valence-corrected chi connectivity index (χ0v) is 9.21. The van der Waals surface area contributed by atoms with E-state index >= 15 is 0 Å². The van der Waals surface area contributed by atoms with E-state index in [0.717, 1.165) is 19.0 Å². The van der Waals surface area contributed by atoms with Gasteiger partial charge >= 0.3 is 0 Å². The summed E-state index contributed by atoms with van der Waals surface area (Å²) in [5, 5.41) is 3.50. The van der Waals surface area contributed by atoms with Gasteiger partial charge in [0.25, 0.3) is 0 Å². The van der Waals surface area contributed by atoms with E-state index in [-0.39, 0.29) is 0 Å². The summed E-state index contributed by atoms with van der Waals surface area (Å²) in [6.07, 6.45) is 6.96. The largest absolute Gasteiger partial charge is 0.364 e. The third-order valence-corrected chi connectivity index (χ3v) is 3.30. The molecule has 0 amide bonds. The van der Waals surface area contributed by atoms with E-state index in [2.05, 4.69) is 16.4 Å². The lowest BCUT2D eigenvalue weighted by Gasteiger charge is -2.26. The molecule has 15 heavy (non-hydrogen) atoms. The monoisotopic (exact) mass is 207 g/mol. The summed E-state index contributed by atoms with van der Waals surface area (Å²) in [6, 6.07) is 4.62.